The Labute approximate surface area is 151 Å². The molecule has 2 aromatic rings. The summed E-state index contributed by atoms with van der Waals surface area (Å²) >= 11 is 0. The maximum atomic E-state index is 14.3. The van der Waals surface area contributed by atoms with Gasteiger partial charge in [0.1, 0.15) is 12.4 Å². The minimum absolute atomic E-state index is 0.159. The SMILES string of the molecule is COc1cc(COc2ccc(C3=NCCN3)cc2F)cc(OC)c1OC. The molecular formula is C19H21FN2O4. The molecule has 7 heteroatoms. The topological polar surface area (TPSA) is 61.3 Å². The summed E-state index contributed by atoms with van der Waals surface area (Å²) in [7, 11) is 4.62. The van der Waals surface area contributed by atoms with Gasteiger partial charge in [-0.1, -0.05) is 0 Å². The molecule has 0 radical (unpaired) electrons. The van der Waals surface area contributed by atoms with E-state index in [-0.39, 0.29) is 12.4 Å². The fourth-order valence-corrected chi connectivity index (χ4v) is 2.74. The van der Waals surface area contributed by atoms with Crippen molar-refractivity contribution in [3.8, 4) is 23.0 Å². The zero-order chi connectivity index (χ0) is 18.5. The van der Waals surface area contributed by atoms with Crippen LogP contribution in [0.15, 0.2) is 35.3 Å². The lowest BCUT2D eigenvalue weighted by atomic mass is 10.1. The lowest BCUT2D eigenvalue weighted by Crippen LogP contribution is -2.19. The van der Waals surface area contributed by atoms with Crippen molar-refractivity contribution >= 4 is 5.84 Å². The standard InChI is InChI=1S/C19H21FN2O4/c1-23-16-8-12(9-17(24-2)18(16)25-3)11-26-15-5-4-13(10-14(15)20)19-21-6-7-22-19/h4-5,8-10H,6-7,11H2,1-3H3,(H,21,22). The zero-order valence-electron chi connectivity index (χ0n) is 15.0. The van der Waals surface area contributed by atoms with Gasteiger partial charge in [-0.3, -0.25) is 4.99 Å². The van der Waals surface area contributed by atoms with Gasteiger partial charge in [0.2, 0.25) is 5.75 Å². The van der Waals surface area contributed by atoms with Gasteiger partial charge in [0, 0.05) is 12.1 Å². The molecular weight excluding hydrogens is 339 g/mol. The van der Waals surface area contributed by atoms with Crippen LogP contribution >= 0.6 is 0 Å². The minimum Gasteiger partial charge on any atom is -0.493 e. The summed E-state index contributed by atoms with van der Waals surface area (Å²) in [4.78, 5) is 4.28. The minimum atomic E-state index is -0.439. The summed E-state index contributed by atoms with van der Waals surface area (Å²) in [6.45, 7) is 1.64. The first kappa shape index (κ1) is 17.8. The number of methoxy groups -OCH3 is 3. The largest absolute Gasteiger partial charge is 0.493 e. The molecule has 26 heavy (non-hydrogen) atoms. The molecule has 0 bridgehead atoms. The Morgan fingerprint density at radius 1 is 1.00 bits per heavy atom. The summed E-state index contributed by atoms with van der Waals surface area (Å²) in [6.07, 6.45) is 0. The highest BCUT2D eigenvalue weighted by Crippen LogP contribution is 2.38. The lowest BCUT2D eigenvalue weighted by molar-refractivity contribution is 0.285. The van der Waals surface area contributed by atoms with Gasteiger partial charge in [-0.05, 0) is 35.9 Å². The van der Waals surface area contributed by atoms with Crippen LogP contribution in [0.2, 0.25) is 0 Å². The number of ether oxygens (including phenoxy) is 4. The van der Waals surface area contributed by atoms with Gasteiger partial charge in [0.25, 0.3) is 0 Å². The summed E-state index contributed by atoms with van der Waals surface area (Å²) in [5.74, 6) is 1.98. The zero-order valence-corrected chi connectivity index (χ0v) is 15.0. The Kier molecular flexibility index (Phi) is 5.46. The van der Waals surface area contributed by atoms with E-state index in [1.54, 1.807) is 38.5 Å². The van der Waals surface area contributed by atoms with E-state index in [0.717, 1.165) is 12.1 Å². The molecule has 0 aliphatic carbocycles. The first-order chi connectivity index (χ1) is 12.7. The number of benzene rings is 2. The molecule has 3 rings (SSSR count). The van der Waals surface area contributed by atoms with E-state index in [1.807, 2.05) is 0 Å². The normalized spacial score (nSPS) is 13.0. The summed E-state index contributed by atoms with van der Waals surface area (Å²) in [5, 5.41) is 3.12. The van der Waals surface area contributed by atoms with Crippen LogP contribution < -0.4 is 24.3 Å². The predicted molar refractivity (Wildman–Crippen MR) is 96.2 cm³/mol. The van der Waals surface area contributed by atoms with E-state index < -0.39 is 5.82 Å². The maximum Gasteiger partial charge on any atom is 0.203 e. The first-order valence-corrected chi connectivity index (χ1v) is 8.16. The van der Waals surface area contributed by atoms with Gasteiger partial charge in [-0.25, -0.2) is 4.39 Å². The second-order valence-corrected chi connectivity index (χ2v) is 5.62. The third-order valence-electron chi connectivity index (χ3n) is 4.00. The van der Waals surface area contributed by atoms with E-state index in [0.29, 0.717) is 35.2 Å². The van der Waals surface area contributed by atoms with Crippen molar-refractivity contribution in [2.75, 3.05) is 34.4 Å². The fraction of sp³-hybridized carbons (Fsp3) is 0.316. The van der Waals surface area contributed by atoms with E-state index in [9.17, 15) is 4.39 Å². The third-order valence-corrected chi connectivity index (χ3v) is 4.00. The van der Waals surface area contributed by atoms with Crippen molar-refractivity contribution in [2.45, 2.75) is 6.61 Å². The summed E-state index contributed by atoms with van der Waals surface area (Å²) < 4.78 is 35.9. The third kappa shape index (κ3) is 3.66. The number of aliphatic imine (C=N–C) groups is 1. The van der Waals surface area contributed by atoms with Crippen LogP contribution in [0.1, 0.15) is 11.1 Å². The van der Waals surface area contributed by atoms with Crippen LogP contribution in [0.4, 0.5) is 4.39 Å². The number of hydrogen-bond donors (Lipinski definition) is 1. The van der Waals surface area contributed by atoms with Crippen molar-refractivity contribution in [1.29, 1.82) is 0 Å². The number of halogens is 1. The Morgan fingerprint density at radius 3 is 2.27 bits per heavy atom. The van der Waals surface area contributed by atoms with E-state index >= 15 is 0 Å². The van der Waals surface area contributed by atoms with E-state index in [1.165, 1.54) is 13.2 Å². The molecule has 0 unspecified atom stereocenters. The summed E-state index contributed by atoms with van der Waals surface area (Å²) in [6, 6.07) is 8.34. The molecule has 0 spiro atoms. The average Bonchev–Trinajstić information content (AvgIpc) is 3.20. The first-order valence-electron chi connectivity index (χ1n) is 8.16. The highest BCUT2D eigenvalue weighted by Gasteiger charge is 2.15. The molecule has 6 nitrogen and oxygen atoms in total. The molecule has 0 amide bonds. The van der Waals surface area contributed by atoms with Gasteiger partial charge in [-0.2, -0.15) is 0 Å². The predicted octanol–water partition coefficient (Wildman–Crippen LogP) is 2.78. The second kappa shape index (κ2) is 7.95. The molecule has 1 N–H and O–H groups in total. The number of rotatable bonds is 7. The number of nitrogens with one attached hydrogen (secondary N) is 1. The molecule has 1 aliphatic rings. The van der Waals surface area contributed by atoms with Gasteiger partial charge in [0.05, 0.1) is 27.9 Å². The molecule has 0 saturated heterocycles. The van der Waals surface area contributed by atoms with E-state index in [2.05, 4.69) is 10.3 Å². The Bertz CT molecular complexity index is 798. The van der Waals surface area contributed by atoms with Gasteiger partial charge < -0.3 is 24.3 Å². The van der Waals surface area contributed by atoms with Crippen LogP contribution in [-0.4, -0.2) is 40.3 Å². The van der Waals surface area contributed by atoms with Gasteiger partial charge in [-0.15, -0.1) is 0 Å². The van der Waals surface area contributed by atoms with Crippen LogP contribution in [0.3, 0.4) is 0 Å². The second-order valence-electron chi connectivity index (χ2n) is 5.62. The molecule has 138 valence electrons. The molecule has 1 heterocycles. The smallest absolute Gasteiger partial charge is 0.203 e. The number of hydrogen-bond acceptors (Lipinski definition) is 6. The lowest BCUT2D eigenvalue weighted by Gasteiger charge is -2.15. The molecule has 1 aliphatic heterocycles. The maximum absolute atomic E-state index is 14.3. The molecule has 0 aromatic heterocycles. The van der Waals surface area contributed by atoms with Crippen LogP contribution in [-0.2, 0) is 6.61 Å². The Hall–Kier alpha value is -2.96. The number of amidine groups is 1. The Morgan fingerprint density at radius 2 is 1.73 bits per heavy atom. The van der Waals surface area contributed by atoms with Crippen LogP contribution in [0.25, 0.3) is 0 Å². The van der Waals surface area contributed by atoms with Gasteiger partial charge in [0.15, 0.2) is 23.1 Å². The van der Waals surface area contributed by atoms with Crippen molar-refractivity contribution in [3.05, 3.63) is 47.3 Å². The van der Waals surface area contributed by atoms with Crippen LogP contribution in [0.5, 0.6) is 23.0 Å². The van der Waals surface area contributed by atoms with Gasteiger partial charge >= 0.3 is 0 Å². The quantitative estimate of drug-likeness (QED) is 0.823. The average molecular weight is 360 g/mol. The van der Waals surface area contributed by atoms with Crippen molar-refractivity contribution in [3.63, 3.8) is 0 Å². The molecule has 0 saturated carbocycles. The van der Waals surface area contributed by atoms with E-state index in [4.69, 9.17) is 18.9 Å². The summed E-state index contributed by atoms with van der Waals surface area (Å²) in [5.41, 5.74) is 1.48. The van der Waals surface area contributed by atoms with Crippen molar-refractivity contribution in [2.24, 2.45) is 4.99 Å². The monoisotopic (exact) mass is 360 g/mol. The van der Waals surface area contributed by atoms with Crippen molar-refractivity contribution in [1.82, 2.24) is 5.32 Å². The Balaban J connectivity index is 1.76. The molecule has 0 fully saturated rings. The highest BCUT2D eigenvalue weighted by atomic mass is 19.1. The fourth-order valence-electron chi connectivity index (χ4n) is 2.74. The molecule has 2 aromatic carbocycles. The number of nitrogens with zero attached hydrogens (tertiary/aromatic N) is 1. The highest BCUT2D eigenvalue weighted by molar-refractivity contribution is 5.99. The molecule has 0 atom stereocenters. The van der Waals surface area contributed by atoms with Crippen molar-refractivity contribution < 1.29 is 23.3 Å². The van der Waals surface area contributed by atoms with Crippen LogP contribution in [0, 0.1) is 5.82 Å².